The van der Waals surface area contributed by atoms with E-state index in [9.17, 15) is 0 Å². The largest absolute Gasteiger partial charge is 0.468 e. The zero-order chi connectivity index (χ0) is 14.4. The lowest BCUT2D eigenvalue weighted by atomic mass is 10.2. The van der Waals surface area contributed by atoms with E-state index in [-0.39, 0.29) is 0 Å². The summed E-state index contributed by atoms with van der Waals surface area (Å²) in [6.45, 7) is 5.65. The first kappa shape index (κ1) is 15.3. The first-order valence-electron chi connectivity index (χ1n) is 6.88. The summed E-state index contributed by atoms with van der Waals surface area (Å²) >= 11 is 3.59. The Balaban J connectivity index is 1.96. The predicted octanol–water partition coefficient (Wildman–Crippen LogP) is 3.78. The van der Waals surface area contributed by atoms with Gasteiger partial charge in [-0.1, -0.05) is 41.1 Å². The fourth-order valence-electron chi connectivity index (χ4n) is 2.14. The van der Waals surface area contributed by atoms with Gasteiger partial charge in [-0.2, -0.15) is 0 Å². The van der Waals surface area contributed by atoms with Crippen LogP contribution in [-0.4, -0.2) is 18.5 Å². The van der Waals surface area contributed by atoms with E-state index in [0.717, 1.165) is 36.4 Å². The number of halogens is 1. The highest BCUT2D eigenvalue weighted by Crippen LogP contribution is 2.19. The van der Waals surface area contributed by atoms with Gasteiger partial charge in [-0.25, -0.2) is 0 Å². The minimum absolute atomic E-state index is 0.815. The van der Waals surface area contributed by atoms with E-state index in [1.165, 1.54) is 11.1 Å². The van der Waals surface area contributed by atoms with Gasteiger partial charge in [0.25, 0.3) is 0 Å². The maximum atomic E-state index is 5.61. The molecule has 0 radical (unpaired) electrons. The molecule has 4 heteroatoms. The quantitative estimate of drug-likeness (QED) is 0.833. The van der Waals surface area contributed by atoms with Crippen LogP contribution in [-0.2, 0) is 19.6 Å². The molecule has 2 rings (SSSR count). The van der Waals surface area contributed by atoms with Crippen molar-refractivity contribution in [3.05, 3.63) is 58.0 Å². The molecule has 3 nitrogen and oxygen atoms in total. The summed E-state index contributed by atoms with van der Waals surface area (Å²) in [4.78, 5) is 2.26. The molecule has 1 N–H and O–H groups in total. The van der Waals surface area contributed by atoms with Crippen LogP contribution in [0.1, 0.15) is 23.8 Å². The average Bonchev–Trinajstić information content (AvgIpc) is 2.86. The van der Waals surface area contributed by atoms with Crippen LogP contribution in [0.3, 0.4) is 0 Å². The average molecular weight is 337 g/mol. The van der Waals surface area contributed by atoms with E-state index < -0.39 is 0 Å². The molecule has 2 aromatic rings. The molecular weight excluding hydrogens is 316 g/mol. The number of rotatable bonds is 7. The molecule has 1 aromatic carbocycles. The smallest absolute Gasteiger partial charge is 0.122 e. The number of nitrogens with zero attached hydrogens (tertiary/aromatic N) is 1. The van der Waals surface area contributed by atoms with Crippen molar-refractivity contribution in [2.75, 3.05) is 13.6 Å². The minimum Gasteiger partial charge on any atom is -0.468 e. The second kappa shape index (κ2) is 7.62. The molecule has 0 aliphatic rings. The second-order valence-electron chi connectivity index (χ2n) is 4.91. The topological polar surface area (TPSA) is 28.4 Å². The third kappa shape index (κ3) is 4.20. The summed E-state index contributed by atoms with van der Waals surface area (Å²) in [6.07, 6.45) is 1.77. The van der Waals surface area contributed by atoms with Crippen molar-refractivity contribution in [1.82, 2.24) is 10.2 Å². The van der Waals surface area contributed by atoms with Crippen LogP contribution in [0.5, 0.6) is 0 Å². The summed E-state index contributed by atoms with van der Waals surface area (Å²) in [5.74, 6) is 1.04. The fraction of sp³-hybridized carbons (Fsp3) is 0.375. The van der Waals surface area contributed by atoms with Gasteiger partial charge in [0.05, 0.1) is 12.8 Å². The van der Waals surface area contributed by atoms with E-state index >= 15 is 0 Å². The first-order valence-corrected chi connectivity index (χ1v) is 7.68. The van der Waals surface area contributed by atoms with Crippen molar-refractivity contribution in [3.63, 3.8) is 0 Å². The Hall–Kier alpha value is -1.10. The van der Waals surface area contributed by atoms with Gasteiger partial charge in [0.15, 0.2) is 0 Å². The summed E-state index contributed by atoms with van der Waals surface area (Å²) in [7, 11) is 2.11. The zero-order valence-corrected chi connectivity index (χ0v) is 13.6. The normalized spacial score (nSPS) is 11.2. The molecule has 108 valence electrons. The number of hydrogen-bond donors (Lipinski definition) is 1. The lowest BCUT2D eigenvalue weighted by Crippen LogP contribution is -2.19. The Labute approximate surface area is 129 Å². The maximum absolute atomic E-state index is 5.61. The summed E-state index contributed by atoms with van der Waals surface area (Å²) in [5.41, 5.74) is 2.53. The highest BCUT2D eigenvalue weighted by Gasteiger charge is 2.10. The predicted molar refractivity (Wildman–Crippen MR) is 85.4 cm³/mol. The number of benzene rings is 1. The third-order valence-electron chi connectivity index (χ3n) is 3.21. The van der Waals surface area contributed by atoms with E-state index in [2.05, 4.69) is 58.3 Å². The fourth-order valence-corrected chi connectivity index (χ4v) is 2.55. The summed E-state index contributed by atoms with van der Waals surface area (Å²) in [6, 6.07) is 10.4. The van der Waals surface area contributed by atoms with E-state index in [4.69, 9.17) is 4.42 Å². The molecule has 0 atom stereocenters. The third-order valence-corrected chi connectivity index (χ3v) is 3.99. The Morgan fingerprint density at radius 2 is 1.95 bits per heavy atom. The molecular formula is C16H21BrN2O. The first-order chi connectivity index (χ1) is 9.70. The standard InChI is InChI=1S/C16H21BrN2O/c1-3-18-10-13-8-9-20-16(13)12-19(2)11-14-6-4-5-7-15(14)17/h4-9,18H,3,10-12H2,1-2H3. The van der Waals surface area contributed by atoms with Gasteiger partial charge in [-0.15, -0.1) is 0 Å². The molecule has 0 saturated heterocycles. The van der Waals surface area contributed by atoms with Gasteiger partial charge < -0.3 is 9.73 Å². The second-order valence-corrected chi connectivity index (χ2v) is 5.77. The van der Waals surface area contributed by atoms with Crippen LogP contribution in [0, 0.1) is 0 Å². The molecule has 0 unspecified atom stereocenters. The maximum Gasteiger partial charge on any atom is 0.122 e. The highest BCUT2D eigenvalue weighted by atomic mass is 79.9. The van der Waals surface area contributed by atoms with E-state index in [1.807, 2.05) is 12.1 Å². The van der Waals surface area contributed by atoms with Crippen molar-refractivity contribution in [2.45, 2.75) is 26.6 Å². The van der Waals surface area contributed by atoms with Crippen molar-refractivity contribution in [1.29, 1.82) is 0 Å². The van der Waals surface area contributed by atoms with Crippen LogP contribution in [0.15, 0.2) is 45.5 Å². The number of furan rings is 1. The van der Waals surface area contributed by atoms with Crippen LogP contribution in [0.4, 0.5) is 0 Å². The van der Waals surface area contributed by atoms with Gasteiger partial charge in [0.1, 0.15) is 5.76 Å². The monoisotopic (exact) mass is 336 g/mol. The highest BCUT2D eigenvalue weighted by molar-refractivity contribution is 9.10. The lowest BCUT2D eigenvalue weighted by molar-refractivity contribution is 0.285. The Morgan fingerprint density at radius 3 is 2.70 bits per heavy atom. The van der Waals surface area contributed by atoms with Gasteiger partial charge in [0, 0.05) is 23.1 Å². The van der Waals surface area contributed by atoms with Crippen molar-refractivity contribution < 1.29 is 4.42 Å². The summed E-state index contributed by atoms with van der Waals surface area (Å²) in [5, 5.41) is 3.34. The molecule has 0 amide bonds. The SMILES string of the molecule is CCNCc1ccoc1CN(C)Cc1ccccc1Br. The van der Waals surface area contributed by atoms with Gasteiger partial charge in [-0.3, -0.25) is 4.90 Å². The molecule has 1 aromatic heterocycles. The molecule has 20 heavy (non-hydrogen) atoms. The van der Waals surface area contributed by atoms with Crippen LogP contribution < -0.4 is 5.32 Å². The Morgan fingerprint density at radius 1 is 1.15 bits per heavy atom. The van der Waals surface area contributed by atoms with Crippen LogP contribution in [0.2, 0.25) is 0 Å². The van der Waals surface area contributed by atoms with Crippen LogP contribution in [0.25, 0.3) is 0 Å². The zero-order valence-electron chi connectivity index (χ0n) is 12.0. The van der Waals surface area contributed by atoms with Crippen molar-refractivity contribution in [2.24, 2.45) is 0 Å². The molecule has 0 saturated carbocycles. The number of nitrogens with one attached hydrogen (secondary N) is 1. The molecule has 1 heterocycles. The Kier molecular flexibility index (Phi) is 5.83. The molecule has 0 bridgehead atoms. The van der Waals surface area contributed by atoms with Gasteiger partial charge >= 0.3 is 0 Å². The number of hydrogen-bond acceptors (Lipinski definition) is 3. The molecule has 0 aliphatic heterocycles. The summed E-state index contributed by atoms with van der Waals surface area (Å²) < 4.78 is 6.76. The molecule has 0 fully saturated rings. The van der Waals surface area contributed by atoms with Crippen molar-refractivity contribution >= 4 is 15.9 Å². The van der Waals surface area contributed by atoms with E-state index in [0.29, 0.717) is 0 Å². The van der Waals surface area contributed by atoms with Crippen LogP contribution >= 0.6 is 15.9 Å². The molecule has 0 spiro atoms. The van der Waals surface area contributed by atoms with Gasteiger partial charge in [0.2, 0.25) is 0 Å². The minimum atomic E-state index is 0.815. The van der Waals surface area contributed by atoms with E-state index in [1.54, 1.807) is 6.26 Å². The molecule has 0 aliphatic carbocycles. The van der Waals surface area contributed by atoms with Gasteiger partial charge in [-0.05, 0) is 31.3 Å². The lowest BCUT2D eigenvalue weighted by Gasteiger charge is -2.17. The Bertz CT molecular complexity index is 539. The van der Waals surface area contributed by atoms with Crippen molar-refractivity contribution in [3.8, 4) is 0 Å².